The molecule has 0 spiro atoms. The predicted octanol–water partition coefficient (Wildman–Crippen LogP) is 13.5. The van der Waals surface area contributed by atoms with E-state index < -0.39 is 13.9 Å². The average Bonchev–Trinajstić information content (AvgIpc) is 3.15. The van der Waals surface area contributed by atoms with Crippen molar-refractivity contribution in [3.63, 3.8) is 0 Å². The van der Waals surface area contributed by atoms with Gasteiger partial charge >= 0.3 is 19.8 Å². The number of rotatable bonds is 43. The number of hydrogen-bond acceptors (Lipinski definition) is 8. The van der Waals surface area contributed by atoms with Gasteiger partial charge in [-0.1, -0.05) is 194 Å². The van der Waals surface area contributed by atoms with Crippen LogP contribution in [0.2, 0.25) is 0 Å². The van der Waals surface area contributed by atoms with Crippen LogP contribution < -0.4 is 0 Å². The number of unbranched alkanes of at least 4 members (excludes halogenated alkanes) is 28. The summed E-state index contributed by atoms with van der Waals surface area (Å²) in [6.07, 6.45) is 37.5. The second-order valence-electron chi connectivity index (χ2n) is 17.0. The van der Waals surface area contributed by atoms with Crippen LogP contribution in [0.15, 0.2) is 0 Å². The van der Waals surface area contributed by atoms with Gasteiger partial charge < -0.3 is 14.0 Å². The van der Waals surface area contributed by atoms with Crippen molar-refractivity contribution in [3.05, 3.63) is 0 Å². The molecule has 0 aromatic rings. The lowest BCUT2D eigenvalue weighted by molar-refractivity contribution is -0.870. The molecule has 0 bridgehead atoms. The molecule has 0 aromatic carbocycles. The van der Waals surface area contributed by atoms with E-state index in [0.29, 0.717) is 17.4 Å². The first kappa shape index (κ1) is 54.0. The van der Waals surface area contributed by atoms with Gasteiger partial charge in [0.05, 0.1) is 27.7 Å². The molecule has 2 atom stereocenters. The van der Waals surface area contributed by atoms with Crippen LogP contribution in [0.3, 0.4) is 0 Å². The summed E-state index contributed by atoms with van der Waals surface area (Å²) in [7, 11) is 3.40. The zero-order valence-corrected chi connectivity index (χ0v) is 38.1. The molecule has 0 aromatic heterocycles. The van der Waals surface area contributed by atoms with Gasteiger partial charge in [-0.2, -0.15) is 0 Å². The fraction of sp³-hybridized carbons (Fsp3) is 0.956. The monoisotopic (exact) mass is 805 g/mol. The third-order valence-corrected chi connectivity index (χ3v) is 11.8. The van der Waals surface area contributed by atoms with Crippen molar-refractivity contribution in [2.75, 3.05) is 54.6 Å². The third-order valence-electron chi connectivity index (χ3n) is 10.4. The van der Waals surface area contributed by atoms with Gasteiger partial charge in [-0.05, 0) is 12.8 Å². The van der Waals surface area contributed by atoms with Crippen molar-refractivity contribution in [1.82, 2.24) is 0 Å². The Morgan fingerprint density at radius 2 is 0.836 bits per heavy atom. The number of likely N-dealkylation sites (N-methyl/N-ethyl adjacent to an activating group) is 1. The van der Waals surface area contributed by atoms with E-state index in [2.05, 4.69) is 13.8 Å². The minimum absolute atomic E-state index is 0.162. The normalized spacial score (nSPS) is 13.5. The zero-order valence-electron chi connectivity index (χ0n) is 37.2. The van der Waals surface area contributed by atoms with Gasteiger partial charge in [0.25, 0.3) is 0 Å². The largest absolute Gasteiger partial charge is 0.474 e. The predicted molar refractivity (Wildman–Crippen MR) is 229 cm³/mol. The summed E-state index contributed by atoms with van der Waals surface area (Å²) in [6.45, 7) is 4.89. The lowest BCUT2D eigenvalue weighted by Crippen LogP contribution is -2.37. The molecule has 0 aliphatic rings. The Morgan fingerprint density at radius 1 is 0.491 bits per heavy atom. The first-order chi connectivity index (χ1) is 26.5. The maximum Gasteiger partial charge on any atom is 0.474 e. The molecule has 0 amide bonds. The molecule has 0 aliphatic heterocycles. The van der Waals surface area contributed by atoms with E-state index in [-0.39, 0.29) is 38.2 Å². The van der Waals surface area contributed by atoms with E-state index in [1.165, 1.54) is 161 Å². The number of carbonyl (C=O) groups excluding carboxylic acids is 2. The molecule has 0 rings (SSSR count). The van der Waals surface area contributed by atoms with Crippen molar-refractivity contribution in [1.29, 1.82) is 0 Å². The number of phosphoric ester groups is 1. The van der Waals surface area contributed by atoms with Crippen LogP contribution in [0.4, 0.5) is 0 Å². The number of carbonyl (C=O) groups is 2. The number of hydrogen-bond donors (Lipinski definition) is 0. The van der Waals surface area contributed by atoms with Crippen molar-refractivity contribution >= 4 is 19.8 Å². The summed E-state index contributed by atoms with van der Waals surface area (Å²) in [6, 6.07) is 0. The molecule has 10 heteroatoms. The molecule has 328 valence electrons. The highest BCUT2D eigenvalue weighted by molar-refractivity contribution is 7.48. The van der Waals surface area contributed by atoms with E-state index in [4.69, 9.17) is 23.0 Å². The van der Waals surface area contributed by atoms with Crippen LogP contribution >= 0.6 is 7.82 Å². The Morgan fingerprint density at radius 3 is 1.18 bits per heavy atom. The standard InChI is InChI=1S/C45H91NO8P/c1-7-9-11-13-15-17-19-21-23-25-27-29-31-33-35-37-44(47)51-41-43(42-53-55(49,50-6)52-40-39-46(3,4)5)54-45(48)38-36-34-32-30-28-26-24-22-20-18-16-14-12-10-8-2/h43H,7-42H2,1-6H3/q+1. The molecule has 0 saturated heterocycles. The fourth-order valence-electron chi connectivity index (χ4n) is 6.64. The molecule has 9 nitrogen and oxygen atoms in total. The van der Waals surface area contributed by atoms with E-state index in [0.717, 1.165) is 38.5 Å². The highest BCUT2D eigenvalue weighted by Crippen LogP contribution is 2.48. The molecule has 0 N–H and O–H groups in total. The van der Waals surface area contributed by atoms with Crippen LogP contribution in [0.25, 0.3) is 0 Å². The van der Waals surface area contributed by atoms with Gasteiger partial charge in [0.1, 0.15) is 19.8 Å². The molecular weight excluding hydrogens is 713 g/mol. The second kappa shape index (κ2) is 38.5. The van der Waals surface area contributed by atoms with Crippen molar-refractivity contribution in [2.45, 2.75) is 225 Å². The highest BCUT2D eigenvalue weighted by atomic mass is 31.2. The third kappa shape index (κ3) is 39.6. The summed E-state index contributed by atoms with van der Waals surface area (Å²) >= 11 is 0. The quantitative estimate of drug-likeness (QED) is 0.0260. The van der Waals surface area contributed by atoms with Crippen LogP contribution in [0.5, 0.6) is 0 Å². The summed E-state index contributed by atoms with van der Waals surface area (Å²) in [4.78, 5) is 25.4. The van der Waals surface area contributed by atoms with Crippen LogP contribution in [0.1, 0.15) is 219 Å². The Hall–Kier alpha value is -0.990. The maximum absolute atomic E-state index is 13.1. The number of esters is 2. The molecule has 0 heterocycles. The van der Waals surface area contributed by atoms with E-state index in [1.54, 1.807) is 0 Å². The number of quaternary nitrogens is 1. The first-order valence-electron chi connectivity index (χ1n) is 23.2. The van der Waals surface area contributed by atoms with Crippen LogP contribution in [-0.2, 0) is 37.2 Å². The Labute approximate surface area is 340 Å². The van der Waals surface area contributed by atoms with Crippen LogP contribution in [0, 0.1) is 0 Å². The molecule has 2 unspecified atom stereocenters. The van der Waals surface area contributed by atoms with Crippen molar-refractivity contribution in [2.24, 2.45) is 0 Å². The van der Waals surface area contributed by atoms with Gasteiger partial charge in [0.2, 0.25) is 0 Å². The first-order valence-corrected chi connectivity index (χ1v) is 24.6. The summed E-state index contributed by atoms with van der Waals surface area (Å²) in [5.74, 6) is -0.702. The van der Waals surface area contributed by atoms with E-state index >= 15 is 0 Å². The van der Waals surface area contributed by atoms with Gasteiger partial charge in [0.15, 0.2) is 6.10 Å². The molecule has 0 fully saturated rings. The Kier molecular flexibility index (Phi) is 37.8. The number of nitrogens with zero attached hydrogens (tertiary/aromatic N) is 1. The molecule has 0 radical (unpaired) electrons. The van der Waals surface area contributed by atoms with E-state index in [1.807, 2.05) is 21.1 Å². The SMILES string of the molecule is CCCCCCCCCCCCCCCCCC(=O)OCC(COP(=O)(OC)OCC[N+](C)(C)C)OC(=O)CCCCCCCCCCCCCCCCC. The molecule has 0 saturated carbocycles. The molecular formula is C45H91NO8P+. The number of ether oxygens (including phenoxy) is 2. The highest BCUT2D eigenvalue weighted by Gasteiger charge is 2.29. The van der Waals surface area contributed by atoms with Crippen molar-refractivity contribution < 1.29 is 41.7 Å². The Balaban J connectivity index is 4.39. The summed E-state index contributed by atoms with van der Waals surface area (Å²) in [5, 5.41) is 0. The van der Waals surface area contributed by atoms with Crippen LogP contribution in [-0.4, -0.2) is 77.1 Å². The smallest absolute Gasteiger partial charge is 0.462 e. The minimum Gasteiger partial charge on any atom is -0.462 e. The zero-order chi connectivity index (χ0) is 40.7. The molecule has 0 aliphatic carbocycles. The van der Waals surface area contributed by atoms with Gasteiger partial charge in [-0.25, -0.2) is 4.57 Å². The summed E-state index contributed by atoms with van der Waals surface area (Å²) in [5.41, 5.74) is 0. The second-order valence-corrected chi connectivity index (χ2v) is 18.7. The van der Waals surface area contributed by atoms with Gasteiger partial charge in [-0.15, -0.1) is 0 Å². The maximum atomic E-state index is 13.1. The summed E-state index contributed by atoms with van der Waals surface area (Å²) < 4.78 is 41.0. The molecule has 55 heavy (non-hydrogen) atoms. The lowest BCUT2D eigenvalue weighted by atomic mass is 10.0. The van der Waals surface area contributed by atoms with E-state index in [9.17, 15) is 14.2 Å². The number of phosphoric acid groups is 1. The van der Waals surface area contributed by atoms with Gasteiger partial charge in [0, 0.05) is 20.0 Å². The average molecular weight is 805 g/mol. The topological polar surface area (TPSA) is 97.4 Å². The fourth-order valence-corrected chi connectivity index (χ4v) is 7.58. The van der Waals surface area contributed by atoms with Gasteiger partial charge in [-0.3, -0.25) is 23.2 Å². The Bertz CT molecular complexity index is 912. The lowest BCUT2D eigenvalue weighted by Gasteiger charge is -2.25. The van der Waals surface area contributed by atoms with Crippen molar-refractivity contribution in [3.8, 4) is 0 Å². The minimum atomic E-state index is -3.87.